The molecule has 4 aliphatic carbocycles. The average Bonchev–Trinajstić information content (AvgIpc) is 3.15. The Morgan fingerprint density at radius 3 is 2.41 bits per heavy atom. The van der Waals surface area contributed by atoms with Gasteiger partial charge in [0.05, 0.1) is 6.61 Å². The molecule has 2 saturated heterocycles. The molecule has 2 bridgehead atoms. The molecule has 1 spiro atoms. The Morgan fingerprint density at radius 2 is 1.74 bits per heavy atom. The third-order valence-corrected chi connectivity index (χ3v) is 12.9. The third-order valence-electron chi connectivity index (χ3n) is 12.9. The van der Waals surface area contributed by atoms with Gasteiger partial charge in [0.1, 0.15) is 6.10 Å². The lowest BCUT2D eigenvalue weighted by atomic mass is 9.34. The van der Waals surface area contributed by atoms with Gasteiger partial charge in [0.25, 0.3) is 0 Å². The van der Waals surface area contributed by atoms with E-state index >= 15 is 0 Å². The minimum atomic E-state index is -0.950. The molecule has 4 nitrogen and oxygen atoms in total. The maximum atomic E-state index is 12.2. The van der Waals surface area contributed by atoms with Crippen LogP contribution in [0.25, 0.3) is 0 Å². The molecule has 3 aliphatic heterocycles. The molecule has 1 N–H and O–H groups in total. The van der Waals surface area contributed by atoms with Crippen molar-refractivity contribution in [3.63, 3.8) is 0 Å². The summed E-state index contributed by atoms with van der Waals surface area (Å²) in [7, 11) is 0. The highest BCUT2D eigenvalue weighted by Gasteiger charge is 2.74. The van der Waals surface area contributed by atoms with E-state index < -0.39 is 5.79 Å². The molecule has 188 valence electrons. The Bertz CT molecular complexity index is 953. The van der Waals surface area contributed by atoms with Gasteiger partial charge in [-0.05, 0) is 91.9 Å². The molecule has 7 aliphatic rings. The number of carbonyl (C=O) groups is 1. The molecule has 7 rings (SSSR count). The van der Waals surface area contributed by atoms with Gasteiger partial charge in [-0.15, -0.1) is 0 Å². The predicted molar refractivity (Wildman–Crippen MR) is 132 cm³/mol. The van der Waals surface area contributed by atoms with Crippen LogP contribution < -0.4 is 0 Å². The van der Waals surface area contributed by atoms with Crippen LogP contribution in [0, 0.1) is 45.3 Å². The summed E-state index contributed by atoms with van der Waals surface area (Å²) in [5.74, 6) is 1.11. The highest BCUT2D eigenvalue weighted by atomic mass is 16.6. The van der Waals surface area contributed by atoms with Crippen LogP contribution in [0.15, 0.2) is 23.8 Å². The average molecular weight is 469 g/mol. The van der Waals surface area contributed by atoms with Gasteiger partial charge in [-0.3, -0.25) is 0 Å². The third kappa shape index (κ3) is 2.60. The minimum Gasteiger partial charge on any atom is -0.454 e. The zero-order valence-corrected chi connectivity index (χ0v) is 21.9. The summed E-state index contributed by atoms with van der Waals surface area (Å²) in [6, 6.07) is 0. The number of ether oxygens (including phenoxy) is 2. The standard InChI is InChI=1S/C30H44O4/c1-18-7-9-22(34-25(18)31)19(2)20-11-13-27(5)21(20)8-10-24-28(27,6)14-12-23-26(3,4)30(32)16-15-29(23,24)17-33-30/h7,20-24,32H,2,8-17H2,1,3-6H3. The molecular weight excluding hydrogens is 424 g/mol. The molecule has 0 aromatic rings. The number of fused-ring (bicyclic) bond motifs is 5. The highest BCUT2D eigenvalue weighted by Crippen LogP contribution is 2.77. The van der Waals surface area contributed by atoms with E-state index in [1.54, 1.807) is 0 Å². The summed E-state index contributed by atoms with van der Waals surface area (Å²) in [5.41, 5.74) is 2.43. The van der Waals surface area contributed by atoms with Crippen LogP contribution in [0.5, 0.6) is 0 Å². The molecule has 4 heteroatoms. The first-order chi connectivity index (χ1) is 15.9. The van der Waals surface area contributed by atoms with Gasteiger partial charge in [0.2, 0.25) is 0 Å². The maximum Gasteiger partial charge on any atom is 0.333 e. The topological polar surface area (TPSA) is 55.8 Å². The van der Waals surface area contributed by atoms with Gasteiger partial charge in [0, 0.05) is 29.2 Å². The summed E-state index contributed by atoms with van der Waals surface area (Å²) in [4.78, 5) is 12.2. The zero-order chi connectivity index (χ0) is 24.3. The second-order valence-electron chi connectivity index (χ2n) is 13.9. The van der Waals surface area contributed by atoms with Gasteiger partial charge in [0.15, 0.2) is 5.79 Å². The number of rotatable bonds is 2. The van der Waals surface area contributed by atoms with Crippen molar-refractivity contribution in [2.45, 2.75) is 104 Å². The second-order valence-corrected chi connectivity index (χ2v) is 13.9. The summed E-state index contributed by atoms with van der Waals surface area (Å²) in [6.45, 7) is 16.8. The molecule has 0 radical (unpaired) electrons. The molecule has 9 unspecified atom stereocenters. The number of aliphatic hydroxyl groups is 1. The van der Waals surface area contributed by atoms with E-state index in [4.69, 9.17) is 9.47 Å². The smallest absolute Gasteiger partial charge is 0.333 e. The second kappa shape index (κ2) is 7.00. The fourth-order valence-electron chi connectivity index (χ4n) is 10.7. The lowest BCUT2D eigenvalue weighted by molar-refractivity contribution is -0.398. The first kappa shape index (κ1) is 23.3. The van der Waals surface area contributed by atoms with Crippen molar-refractivity contribution in [3.8, 4) is 0 Å². The van der Waals surface area contributed by atoms with E-state index in [1.807, 2.05) is 13.0 Å². The normalized spacial score (nSPS) is 53.3. The predicted octanol–water partition coefficient (Wildman–Crippen LogP) is 6.19. The zero-order valence-electron chi connectivity index (χ0n) is 21.9. The van der Waals surface area contributed by atoms with E-state index in [0.717, 1.165) is 43.4 Å². The van der Waals surface area contributed by atoms with Crippen molar-refractivity contribution < 1.29 is 19.4 Å². The van der Waals surface area contributed by atoms with Crippen molar-refractivity contribution in [1.29, 1.82) is 0 Å². The van der Waals surface area contributed by atoms with Gasteiger partial charge >= 0.3 is 5.97 Å². The molecule has 4 saturated carbocycles. The van der Waals surface area contributed by atoms with Crippen molar-refractivity contribution in [2.75, 3.05) is 6.61 Å². The van der Waals surface area contributed by atoms with Crippen LogP contribution in [-0.4, -0.2) is 29.6 Å². The fourth-order valence-corrected chi connectivity index (χ4v) is 10.7. The molecular formula is C30H44O4. The lowest BCUT2D eigenvalue weighted by Gasteiger charge is -2.74. The summed E-state index contributed by atoms with van der Waals surface area (Å²) < 4.78 is 12.1. The van der Waals surface area contributed by atoms with Crippen molar-refractivity contribution in [1.82, 2.24) is 0 Å². The Balaban J connectivity index is 1.30. The van der Waals surface area contributed by atoms with Crippen LogP contribution >= 0.6 is 0 Å². The number of carbonyl (C=O) groups excluding carboxylic acids is 1. The van der Waals surface area contributed by atoms with Crippen LogP contribution in [0.4, 0.5) is 0 Å². The molecule has 6 fully saturated rings. The minimum absolute atomic E-state index is 0.160. The monoisotopic (exact) mass is 468 g/mol. The molecule has 3 heterocycles. The summed E-state index contributed by atoms with van der Waals surface area (Å²) in [6.07, 6.45) is 11.9. The molecule has 0 aromatic carbocycles. The van der Waals surface area contributed by atoms with Gasteiger partial charge in [-0.2, -0.15) is 0 Å². The first-order valence-electron chi connectivity index (χ1n) is 13.8. The van der Waals surface area contributed by atoms with E-state index in [0.29, 0.717) is 23.7 Å². The van der Waals surface area contributed by atoms with Crippen molar-refractivity contribution in [2.24, 2.45) is 45.3 Å². The van der Waals surface area contributed by atoms with Crippen molar-refractivity contribution >= 4 is 5.97 Å². The fraction of sp³-hybridized carbons (Fsp3) is 0.833. The van der Waals surface area contributed by atoms with Crippen molar-refractivity contribution in [3.05, 3.63) is 23.8 Å². The largest absolute Gasteiger partial charge is 0.454 e. The molecule has 0 amide bonds. The summed E-state index contributed by atoms with van der Waals surface area (Å²) in [5, 5.41) is 11.3. The van der Waals surface area contributed by atoms with E-state index in [9.17, 15) is 9.90 Å². The number of hydrogen-bond donors (Lipinski definition) is 1. The van der Waals surface area contributed by atoms with Crippen LogP contribution in [-0.2, 0) is 14.3 Å². The van der Waals surface area contributed by atoms with E-state index in [1.165, 1.54) is 32.1 Å². The first-order valence-corrected chi connectivity index (χ1v) is 13.8. The Kier molecular flexibility index (Phi) is 4.79. The Labute approximate surface area is 205 Å². The van der Waals surface area contributed by atoms with E-state index in [-0.39, 0.29) is 33.7 Å². The van der Waals surface area contributed by atoms with Gasteiger partial charge in [-0.1, -0.05) is 40.3 Å². The summed E-state index contributed by atoms with van der Waals surface area (Å²) >= 11 is 0. The van der Waals surface area contributed by atoms with Crippen LogP contribution in [0.1, 0.15) is 92.4 Å². The maximum absolute atomic E-state index is 12.2. The SMILES string of the molecule is C=C(C1CC=C(C)C(=O)O1)C1CCC2(C)C1CCC1C34CCC(O)(OC3)C(C)(C)C4CCC12C. The molecule has 0 aromatic heterocycles. The molecule has 34 heavy (non-hydrogen) atoms. The number of hydrogen-bond acceptors (Lipinski definition) is 4. The Morgan fingerprint density at radius 1 is 1.00 bits per heavy atom. The van der Waals surface area contributed by atoms with Crippen LogP contribution in [0.3, 0.4) is 0 Å². The number of cyclic esters (lactones) is 1. The Hall–Kier alpha value is -1.13. The van der Waals surface area contributed by atoms with Gasteiger partial charge in [-0.25, -0.2) is 4.79 Å². The highest BCUT2D eigenvalue weighted by molar-refractivity contribution is 5.88. The lowest BCUT2D eigenvalue weighted by Crippen LogP contribution is -2.73. The van der Waals surface area contributed by atoms with Crippen LogP contribution in [0.2, 0.25) is 0 Å². The van der Waals surface area contributed by atoms with E-state index in [2.05, 4.69) is 34.3 Å². The van der Waals surface area contributed by atoms with Gasteiger partial charge < -0.3 is 14.6 Å². The quantitative estimate of drug-likeness (QED) is 0.388. The number of esters is 1. The molecule has 9 atom stereocenters.